The van der Waals surface area contributed by atoms with Gasteiger partial charge >= 0.3 is 0 Å². The summed E-state index contributed by atoms with van der Waals surface area (Å²) >= 11 is 0. The lowest BCUT2D eigenvalue weighted by Gasteiger charge is -2.03. The molecule has 17 heavy (non-hydrogen) atoms. The standard InChI is InChI=1S/C11H10N2O4/c1-16-7-2-3-9-6(4-7)5-8(10(12)14)11(13-15)17-9/h2-5,15H,1H3,(H2,12,14)/b13-11+. The smallest absolute Gasteiger partial charge is 0.268 e. The first-order chi connectivity index (χ1) is 8.15. The van der Waals surface area contributed by atoms with Crippen molar-refractivity contribution in [2.24, 2.45) is 10.9 Å². The van der Waals surface area contributed by atoms with Gasteiger partial charge in [0, 0.05) is 5.39 Å². The summed E-state index contributed by atoms with van der Waals surface area (Å²) in [4.78, 5) is 11.1. The summed E-state index contributed by atoms with van der Waals surface area (Å²) in [5.41, 5.74) is 5.41. The molecular formula is C11H10N2O4. The molecule has 0 bridgehead atoms. The van der Waals surface area contributed by atoms with E-state index in [-0.39, 0.29) is 11.1 Å². The zero-order valence-corrected chi connectivity index (χ0v) is 9.01. The van der Waals surface area contributed by atoms with Crippen LogP contribution in [0, 0.1) is 0 Å². The fourth-order valence-corrected chi connectivity index (χ4v) is 1.49. The molecule has 1 amide bonds. The van der Waals surface area contributed by atoms with Crippen molar-refractivity contribution >= 4 is 16.9 Å². The molecule has 6 heteroatoms. The molecular weight excluding hydrogens is 224 g/mol. The van der Waals surface area contributed by atoms with E-state index in [1.807, 2.05) is 0 Å². The number of amides is 1. The third kappa shape index (κ3) is 1.92. The number of nitrogens with two attached hydrogens (primary N) is 1. The predicted molar refractivity (Wildman–Crippen MR) is 58.6 cm³/mol. The van der Waals surface area contributed by atoms with Gasteiger partial charge in [-0.05, 0) is 29.4 Å². The normalized spacial score (nSPS) is 11.7. The Hall–Kier alpha value is -2.50. The van der Waals surface area contributed by atoms with Crippen LogP contribution in [0.1, 0.15) is 10.4 Å². The molecule has 0 saturated carbocycles. The van der Waals surface area contributed by atoms with Crippen molar-refractivity contribution in [3.8, 4) is 5.75 Å². The van der Waals surface area contributed by atoms with Crippen LogP contribution in [0.15, 0.2) is 33.8 Å². The number of fused-ring (bicyclic) bond motifs is 1. The van der Waals surface area contributed by atoms with Crippen LogP contribution in [-0.2, 0) is 0 Å². The molecule has 0 atom stereocenters. The van der Waals surface area contributed by atoms with E-state index in [1.165, 1.54) is 13.2 Å². The maximum Gasteiger partial charge on any atom is 0.268 e. The largest absolute Gasteiger partial charge is 0.497 e. The van der Waals surface area contributed by atoms with Gasteiger partial charge in [-0.3, -0.25) is 4.79 Å². The molecule has 6 nitrogen and oxygen atoms in total. The number of methoxy groups -OCH3 is 1. The number of rotatable bonds is 2. The number of primary amides is 1. The van der Waals surface area contributed by atoms with E-state index in [2.05, 4.69) is 5.16 Å². The molecule has 1 aromatic heterocycles. The summed E-state index contributed by atoms with van der Waals surface area (Å²) in [5, 5.41) is 12.2. The Morgan fingerprint density at radius 1 is 1.47 bits per heavy atom. The summed E-state index contributed by atoms with van der Waals surface area (Å²) < 4.78 is 10.3. The lowest BCUT2D eigenvalue weighted by Crippen LogP contribution is -2.21. The molecule has 0 aliphatic carbocycles. The second-order valence-electron chi connectivity index (χ2n) is 3.33. The molecule has 1 heterocycles. The van der Waals surface area contributed by atoms with Gasteiger partial charge in [0.05, 0.1) is 7.11 Å². The van der Waals surface area contributed by atoms with Gasteiger partial charge in [0.2, 0.25) is 0 Å². The van der Waals surface area contributed by atoms with Crippen molar-refractivity contribution in [1.82, 2.24) is 0 Å². The maximum absolute atomic E-state index is 11.1. The van der Waals surface area contributed by atoms with Crippen molar-refractivity contribution < 1.29 is 19.2 Å². The molecule has 3 N–H and O–H groups in total. The molecule has 1 aromatic carbocycles. The highest BCUT2D eigenvalue weighted by molar-refractivity contribution is 5.95. The summed E-state index contributed by atoms with van der Waals surface area (Å²) in [7, 11) is 1.53. The van der Waals surface area contributed by atoms with Gasteiger partial charge in [0.25, 0.3) is 11.5 Å². The number of nitrogens with zero attached hydrogens (tertiary/aromatic N) is 1. The van der Waals surface area contributed by atoms with Crippen molar-refractivity contribution in [3.05, 3.63) is 35.4 Å². The van der Waals surface area contributed by atoms with Crippen LogP contribution in [0.4, 0.5) is 0 Å². The molecule has 0 fully saturated rings. The van der Waals surface area contributed by atoms with Crippen molar-refractivity contribution in [1.29, 1.82) is 0 Å². The Morgan fingerprint density at radius 3 is 2.82 bits per heavy atom. The second kappa shape index (κ2) is 4.17. The molecule has 0 spiro atoms. The van der Waals surface area contributed by atoms with Gasteiger partial charge in [-0.2, -0.15) is 0 Å². The van der Waals surface area contributed by atoms with E-state index in [9.17, 15) is 4.79 Å². The highest BCUT2D eigenvalue weighted by Gasteiger charge is 2.09. The first-order valence-corrected chi connectivity index (χ1v) is 4.75. The Labute approximate surface area is 95.9 Å². The number of ether oxygens (including phenoxy) is 1. The second-order valence-corrected chi connectivity index (χ2v) is 3.33. The van der Waals surface area contributed by atoms with E-state index in [1.54, 1.807) is 18.2 Å². The van der Waals surface area contributed by atoms with Crippen LogP contribution in [0.2, 0.25) is 0 Å². The zero-order chi connectivity index (χ0) is 12.4. The van der Waals surface area contributed by atoms with Gasteiger partial charge in [-0.1, -0.05) is 0 Å². The minimum absolute atomic E-state index is 0.00764. The quantitative estimate of drug-likeness (QED) is 0.594. The minimum atomic E-state index is -0.730. The Morgan fingerprint density at radius 2 is 2.24 bits per heavy atom. The summed E-state index contributed by atoms with van der Waals surface area (Å²) in [5.74, 6) is -0.108. The van der Waals surface area contributed by atoms with Crippen LogP contribution in [0.3, 0.4) is 0 Å². The van der Waals surface area contributed by atoms with Crippen molar-refractivity contribution in [2.75, 3.05) is 7.11 Å². The van der Waals surface area contributed by atoms with Crippen LogP contribution in [0.25, 0.3) is 11.0 Å². The van der Waals surface area contributed by atoms with Gasteiger partial charge < -0.3 is 20.1 Å². The van der Waals surface area contributed by atoms with Gasteiger partial charge in [0.15, 0.2) is 0 Å². The Kier molecular flexibility index (Phi) is 2.70. The van der Waals surface area contributed by atoms with Gasteiger partial charge in [-0.25, -0.2) is 0 Å². The van der Waals surface area contributed by atoms with Crippen molar-refractivity contribution in [2.45, 2.75) is 0 Å². The van der Waals surface area contributed by atoms with E-state index in [0.717, 1.165) is 0 Å². The molecule has 0 aliphatic rings. The van der Waals surface area contributed by atoms with Crippen LogP contribution >= 0.6 is 0 Å². The van der Waals surface area contributed by atoms with E-state index in [0.29, 0.717) is 16.7 Å². The fraction of sp³-hybridized carbons (Fsp3) is 0.0909. The molecule has 0 aliphatic heterocycles. The molecule has 0 saturated heterocycles. The topological polar surface area (TPSA) is 98.1 Å². The van der Waals surface area contributed by atoms with E-state index < -0.39 is 5.91 Å². The zero-order valence-electron chi connectivity index (χ0n) is 9.01. The lowest BCUT2D eigenvalue weighted by molar-refractivity contribution is 0.0994. The fourth-order valence-electron chi connectivity index (χ4n) is 1.49. The summed E-state index contributed by atoms with van der Waals surface area (Å²) in [6, 6.07) is 6.51. The highest BCUT2D eigenvalue weighted by atomic mass is 16.5. The molecule has 2 aromatic rings. The number of carbonyl (C=O) groups is 1. The lowest BCUT2D eigenvalue weighted by atomic mass is 10.1. The monoisotopic (exact) mass is 234 g/mol. The third-order valence-corrected chi connectivity index (χ3v) is 2.31. The highest BCUT2D eigenvalue weighted by Crippen LogP contribution is 2.20. The van der Waals surface area contributed by atoms with E-state index in [4.69, 9.17) is 20.1 Å². The van der Waals surface area contributed by atoms with Crippen LogP contribution < -0.4 is 16.0 Å². The molecule has 0 unspecified atom stereocenters. The van der Waals surface area contributed by atoms with Crippen LogP contribution in [-0.4, -0.2) is 18.2 Å². The maximum atomic E-state index is 11.1. The average Bonchev–Trinajstić information content (AvgIpc) is 2.36. The number of benzene rings is 1. The molecule has 0 radical (unpaired) electrons. The summed E-state index contributed by atoms with van der Waals surface area (Å²) in [6.45, 7) is 0. The summed E-state index contributed by atoms with van der Waals surface area (Å²) in [6.07, 6.45) is 0. The number of hydrogen-bond donors (Lipinski definition) is 2. The minimum Gasteiger partial charge on any atom is -0.497 e. The molecule has 88 valence electrons. The molecule has 2 rings (SSSR count). The first-order valence-electron chi connectivity index (χ1n) is 4.75. The SMILES string of the molecule is COc1ccc2o/c(=N/O)c(C(N)=O)cc2c1. The average molecular weight is 234 g/mol. The van der Waals surface area contributed by atoms with Gasteiger partial charge in [0.1, 0.15) is 16.9 Å². The predicted octanol–water partition coefficient (Wildman–Crippen LogP) is 0.830. The van der Waals surface area contributed by atoms with Crippen molar-refractivity contribution in [3.63, 3.8) is 0 Å². The Bertz CT molecular complexity index is 645. The number of carbonyl (C=O) groups excluding carboxylic acids is 1. The van der Waals surface area contributed by atoms with E-state index >= 15 is 0 Å². The number of hydrogen-bond acceptors (Lipinski definition) is 5. The van der Waals surface area contributed by atoms with Gasteiger partial charge in [-0.15, -0.1) is 0 Å². The first kappa shape index (κ1) is 11.0. The van der Waals surface area contributed by atoms with Crippen LogP contribution in [0.5, 0.6) is 5.75 Å². The Balaban J connectivity index is 2.79. The third-order valence-electron chi connectivity index (χ3n) is 2.31.